The molecule has 0 saturated heterocycles. The molecule has 17 heavy (non-hydrogen) atoms. The average molecular weight is 349 g/mol. The summed E-state index contributed by atoms with van der Waals surface area (Å²) in [4.78, 5) is 21.7. The van der Waals surface area contributed by atoms with Crippen molar-refractivity contribution < 1.29 is 14.3 Å². The van der Waals surface area contributed by atoms with E-state index in [1.807, 2.05) is 0 Å². The van der Waals surface area contributed by atoms with Crippen molar-refractivity contribution in [3.05, 3.63) is 24.3 Å². The van der Waals surface area contributed by atoms with E-state index < -0.39 is 6.09 Å². The van der Waals surface area contributed by atoms with Gasteiger partial charge in [-0.1, -0.05) is 0 Å². The monoisotopic (exact) mass is 349 g/mol. The Morgan fingerprint density at radius 3 is 2.47 bits per heavy atom. The van der Waals surface area contributed by atoms with E-state index in [9.17, 15) is 9.59 Å². The van der Waals surface area contributed by atoms with E-state index in [1.54, 1.807) is 53.8 Å². The summed E-state index contributed by atoms with van der Waals surface area (Å²) in [7, 11) is 0. The molecule has 0 bridgehead atoms. The van der Waals surface area contributed by atoms with Crippen molar-refractivity contribution in [2.75, 3.05) is 12.0 Å². The Morgan fingerprint density at radius 2 is 1.94 bits per heavy atom. The lowest BCUT2D eigenvalue weighted by Gasteiger charge is -2.07. The minimum absolute atomic E-state index is 0.217. The molecule has 0 fully saturated rings. The zero-order valence-corrected chi connectivity index (χ0v) is 11.3. The van der Waals surface area contributed by atoms with Crippen LogP contribution in [0.5, 0.6) is 5.75 Å². The molecule has 0 unspecified atom stereocenters. The summed E-state index contributed by atoms with van der Waals surface area (Å²) in [6, 6.07) is 6.61. The molecule has 0 atom stereocenters. The van der Waals surface area contributed by atoms with Crippen LogP contribution in [0.1, 0.15) is 6.92 Å². The van der Waals surface area contributed by atoms with E-state index in [0.717, 1.165) is 0 Å². The van der Waals surface area contributed by atoms with Crippen molar-refractivity contribution in [1.82, 2.24) is 10.7 Å². The molecule has 0 aliphatic heterocycles. The third-order valence-electron chi connectivity index (χ3n) is 1.69. The van der Waals surface area contributed by atoms with Gasteiger partial charge >= 0.3 is 6.09 Å². The van der Waals surface area contributed by atoms with Gasteiger partial charge in [0.15, 0.2) is 0 Å². The van der Waals surface area contributed by atoms with Gasteiger partial charge in [0, 0.05) is 29.1 Å². The van der Waals surface area contributed by atoms with Crippen molar-refractivity contribution in [3.8, 4) is 5.75 Å². The highest BCUT2D eigenvalue weighted by Gasteiger charge is 2.02. The Kier molecular flexibility index (Phi) is 5.53. The number of halogens is 1. The second-order valence-corrected chi connectivity index (χ2v) is 3.95. The Labute approximate surface area is 112 Å². The van der Waals surface area contributed by atoms with Gasteiger partial charge in [-0.3, -0.25) is 15.6 Å². The number of amides is 2. The molecule has 0 aromatic heterocycles. The van der Waals surface area contributed by atoms with Crippen LogP contribution in [0.15, 0.2) is 24.3 Å². The van der Waals surface area contributed by atoms with Gasteiger partial charge in [0.05, 0.1) is 5.69 Å². The highest BCUT2D eigenvalue weighted by Crippen LogP contribution is 2.15. The van der Waals surface area contributed by atoms with Crippen LogP contribution >= 0.6 is 22.6 Å². The number of nitrogens with one attached hydrogen (secondary N) is 3. The van der Waals surface area contributed by atoms with E-state index in [0.29, 0.717) is 18.0 Å². The largest absolute Gasteiger partial charge is 0.412 e. The Morgan fingerprint density at radius 1 is 1.29 bits per heavy atom. The first-order valence-electron chi connectivity index (χ1n) is 4.89. The number of carbonyl (C=O) groups is 2. The summed E-state index contributed by atoms with van der Waals surface area (Å²) in [5.41, 5.74) is 5.80. The fourth-order valence-electron chi connectivity index (χ4n) is 1.02. The first kappa shape index (κ1) is 13.6. The Bertz CT molecular complexity index is 394. The summed E-state index contributed by atoms with van der Waals surface area (Å²) in [5.74, 6) is 0.433. The number of hydrogen-bond donors (Lipinski definition) is 3. The maximum Gasteiger partial charge on any atom is 0.412 e. The van der Waals surface area contributed by atoms with Gasteiger partial charge in [0.2, 0.25) is 0 Å². The molecular formula is C10H12IN3O3. The lowest BCUT2D eigenvalue weighted by atomic mass is 10.3. The van der Waals surface area contributed by atoms with Gasteiger partial charge in [-0.2, -0.15) is 0 Å². The fourth-order valence-corrected chi connectivity index (χ4v) is 1.15. The SMILES string of the molecule is CCNC(=O)Oc1ccc(NNC(=O)I)cc1. The van der Waals surface area contributed by atoms with Gasteiger partial charge in [-0.15, -0.1) is 0 Å². The number of hydrazine groups is 1. The molecule has 1 aromatic rings. The second kappa shape index (κ2) is 6.94. The number of anilines is 1. The maximum atomic E-state index is 11.1. The van der Waals surface area contributed by atoms with Gasteiger partial charge in [-0.25, -0.2) is 4.79 Å². The summed E-state index contributed by atoms with van der Waals surface area (Å²) in [6.45, 7) is 2.32. The number of rotatable bonds is 4. The van der Waals surface area contributed by atoms with Gasteiger partial charge in [0.1, 0.15) is 5.75 Å². The lowest BCUT2D eigenvalue weighted by molar-refractivity contribution is 0.201. The first-order chi connectivity index (χ1) is 8.11. The van der Waals surface area contributed by atoms with Crippen molar-refractivity contribution in [2.45, 2.75) is 6.92 Å². The van der Waals surface area contributed by atoms with Crippen LogP contribution < -0.4 is 20.9 Å². The third-order valence-corrected chi connectivity index (χ3v) is 1.96. The summed E-state index contributed by atoms with van der Waals surface area (Å²) < 4.78 is 4.75. The standard InChI is InChI=1S/C10H12IN3O3/c1-2-12-10(16)17-8-5-3-7(4-6-8)13-14-9(11)15/h3-6,13H,2H2,1H3,(H,12,16)(H,14,15). The summed E-state index contributed by atoms with van der Waals surface area (Å²) >= 11 is 1.61. The van der Waals surface area contributed by atoms with Crippen LogP contribution in [0.4, 0.5) is 15.3 Å². The van der Waals surface area contributed by atoms with Crippen molar-refractivity contribution in [1.29, 1.82) is 0 Å². The van der Waals surface area contributed by atoms with E-state index in [4.69, 9.17) is 4.74 Å². The molecule has 0 aliphatic carbocycles. The molecule has 92 valence electrons. The molecule has 0 spiro atoms. The second-order valence-electron chi connectivity index (χ2n) is 2.97. The number of carbonyl (C=O) groups excluding carboxylic acids is 2. The van der Waals surface area contributed by atoms with Crippen LogP contribution in [0.3, 0.4) is 0 Å². The fraction of sp³-hybridized carbons (Fsp3) is 0.200. The third kappa shape index (κ3) is 5.38. The van der Waals surface area contributed by atoms with E-state index in [2.05, 4.69) is 16.2 Å². The summed E-state index contributed by atoms with van der Waals surface area (Å²) in [6.07, 6.45) is -0.492. The minimum Gasteiger partial charge on any atom is -0.410 e. The minimum atomic E-state index is -0.492. The zero-order valence-electron chi connectivity index (χ0n) is 9.12. The van der Waals surface area contributed by atoms with Crippen LogP contribution in [-0.2, 0) is 0 Å². The topological polar surface area (TPSA) is 79.5 Å². The quantitative estimate of drug-likeness (QED) is 0.337. The molecule has 3 N–H and O–H groups in total. The average Bonchev–Trinajstić information content (AvgIpc) is 2.28. The molecule has 7 heteroatoms. The van der Waals surface area contributed by atoms with Crippen molar-refractivity contribution in [3.63, 3.8) is 0 Å². The zero-order chi connectivity index (χ0) is 12.7. The van der Waals surface area contributed by atoms with E-state index in [1.165, 1.54) is 0 Å². The normalized spacial score (nSPS) is 9.29. The molecule has 0 radical (unpaired) electrons. The number of hydrogen-bond acceptors (Lipinski definition) is 4. The Hall–Kier alpha value is -1.51. The van der Waals surface area contributed by atoms with Gasteiger partial charge < -0.3 is 10.1 Å². The maximum absolute atomic E-state index is 11.1. The van der Waals surface area contributed by atoms with Crippen molar-refractivity contribution in [2.24, 2.45) is 0 Å². The van der Waals surface area contributed by atoms with Crippen LogP contribution in [-0.4, -0.2) is 16.6 Å². The molecule has 6 nitrogen and oxygen atoms in total. The number of ether oxygens (including phenoxy) is 1. The predicted molar refractivity (Wildman–Crippen MR) is 72.3 cm³/mol. The molecule has 0 heterocycles. The van der Waals surface area contributed by atoms with E-state index >= 15 is 0 Å². The highest BCUT2D eigenvalue weighted by molar-refractivity contribution is 14.1. The van der Waals surface area contributed by atoms with Crippen molar-refractivity contribution >= 4 is 38.3 Å². The molecular weight excluding hydrogens is 337 g/mol. The number of benzene rings is 1. The molecule has 1 rings (SSSR count). The highest BCUT2D eigenvalue weighted by atomic mass is 127. The summed E-state index contributed by atoms with van der Waals surface area (Å²) in [5, 5.41) is 2.51. The van der Waals surface area contributed by atoms with Gasteiger partial charge in [0.25, 0.3) is 3.91 Å². The first-order valence-corrected chi connectivity index (χ1v) is 5.97. The van der Waals surface area contributed by atoms with E-state index in [-0.39, 0.29) is 3.91 Å². The Balaban J connectivity index is 2.49. The van der Waals surface area contributed by atoms with Crippen LogP contribution in [0, 0.1) is 0 Å². The smallest absolute Gasteiger partial charge is 0.410 e. The molecule has 2 amide bonds. The molecule has 1 aromatic carbocycles. The van der Waals surface area contributed by atoms with Crippen LogP contribution in [0.25, 0.3) is 0 Å². The van der Waals surface area contributed by atoms with Gasteiger partial charge in [-0.05, 0) is 31.2 Å². The lowest BCUT2D eigenvalue weighted by Crippen LogP contribution is -2.26. The molecule has 0 aliphatic rings. The van der Waals surface area contributed by atoms with Crippen LogP contribution in [0.2, 0.25) is 0 Å². The molecule has 0 saturated carbocycles. The predicted octanol–water partition coefficient (Wildman–Crippen LogP) is 2.27.